The molecule has 0 saturated heterocycles. The molecule has 1 saturated carbocycles. The molecule has 0 spiro atoms. The highest BCUT2D eigenvalue weighted by molar-refractivity contribution is 6.01. The van der Waals surface area contributed by atoms with E-state index in [1.54, 1.807) is 7.11 Å². The largest absolute Gasteiger partial charge is 0.497 e. The molecule has 1 N–H and O–H groups in total. The third-order valence-corrected chi connectivity index (χ3v) is 5.60. The lowest BCUT2D eigenvalue weighted by Gasteiger charge is -2.16. The van der Waals surface area contributed by atoms with Gasteiger partial charge in [0.05, 0.1) is 26.3 Å². The van der Waals surface area contributed by atoms with E-state index in [1.165, 1.54) is 31.2 Å². The predicted octanol–water partition coefficient (Wildman–Crippen LogP) is 4.49. The Morgan fingerprint density at radius 3 is 2.67 bits per heavy atom. The summed E-state index contributed by atoms with van der Waals surface area (Å²) in [7, 11) is 1.70. The minimum Gasteiger partial charge on any atom is -0.497 e. The third-order valence-electron chi connectivity index (χ3n) is 5.60. The fourth-order valence-corrected chi connectivity index (χ4v) is 4.02. The number of amidine groups is 1. The fourth-order valence-electron chi connectivity index (χ4n) is 4.02. The smallest absolute Gasteiger partial charge is 0.129 e. The Kier molecular flexibility index (Phi) is 5.73. The van der Waals surface area contributed by atoms with Gasteiger partial charge in [0.25, 0.3) is 0 Å². The lowest BCUT2D eigenvalue weighted by molar-refractivity contribution is 0.0887. The van der Waals surface area contributed by atoms with Crippen LogP contribution in [0.3, 0.4) is 0 Å². The molecule has 142 valence electrons. The highest BCUT2D eigenvalue weighted by atomic mass is 16.5. The zero-order chi connectivity index (χ0) is 18.5. The maximum atomic E-state index is 6.07. The Bertz CT molecular complexity index is 782. The molecule has 0 amide bonds. The minimum absolute atomic E-state index is 0.222. The molecule has 4 rings (SSSR count). The van der Waals surface area contributed by atoms with Crippen molar-refractivity contribution in [1.29, 1.82) is 0 Å². The standard InChI is InChI=1S/C23H28N2O2/c1-26-20-12-11-19(16-27-15-17-7-5-6-8-17)21(13-20)23-24-14-22(25-23)18-9-3-2-4-10-18/h2-4,9-13,17,22H,5-8,14-16H2,1H3,(H,24,25). The number of nitrogens with zero attached hydrogens (tertiary/aromatic N) is 1. The Balaban J connectivity index is 1.47. The van der Waals surface area contributed by atoms with Gasteiger partial charge in [0, 0.05) is 12.2 Å². The van der Waals surface area contributed by atoms with E-state index >= 15 is 0 Å². The van der Waals surface area contributed by atoms with Crippen LogP contribution in [0.5, 0.6) is 5.75 Å². The molecule has 1 fully saturated rings. The highest BCUT2D eigenvalue weighted by Gasteiger charge is 2.22. The number of ether oxygens (including phenoxy) is 2. The van der Waals surface area contributed by atoms with Gasteiger partial charge in [0.1, 0.15) is 11.6 Å². The summed E-state index contributed by atoms with van der Waals surface area (Å²) in [6.07, 6.45) is 5.32. The van der Waals surface area contributed by atoms with Crippen LogP contribution in [0.4, 0.5) is 0 Å². The summed E-state index contributed by atoms with van der Waals surface area (Å²) in [6, 6.07) is 16.9. The van der Waals surface area contributed by atoms with E-state index in [1.807, 2.05) is 12.1 Å². The SMILES string of the molecule is COc1ccc(COCC2CCCC2)c(C2=NCC(c3ccccc3)N2)c1. The van der Waals surface area contributed by atoms with Crippen LogP contribution in [0.25, 0.3) is 0 Å². The summed E-state index contributed by atoms with van der Waals surface area (Å²) in [6.45, 7) is 2.23. The van der Waals surface area contributed by atoms with Crippen molar-refractivity contribution in [3.8, 4) is 5.75 Å². The molecule has 4 nitrogen and oxygen atoms in total. The van der Waals surface area contributed by atoms with Crippen LogP contribution >= 0.6 is 0 Å². The van der Waals surface area contributed by atoms with Gasteiger partial charge in [-0.25, -0.2) is 0 Å². The van der Waals surface area contributed by atoms with Gasteiger partial charge in [-0.3, -0.25) is 4.99 Å². The molecule has 1 heterocycles. The fraction of sp³-hybridized carbons (Fsp3) is 0.435. The molecular formula is C23H28N2O2. The molecule has 2 aliphatic rings. The minimum atomic E-state index is 0.222. The second kappa shape index (κ2) is 8.57. The molecule has 1 atom stereocenters. The molecule has 4 heteroatoms. The van der Waals surface area contributed by atoms with Crippen LogP contribution in [0.1, 0.15) is 48.4 Å². The lowest BCUT2D eigenvalue weighted by Crippen LogP contribution is -2.25. The van der Waals surface area contributed by atoms with Crippen LogP contribution in [0, 0.1) is 5.92 Å². The van der Waals surface area contributed by atoms with Crippen molar-refractivity contribution in [3.63, 3.8) is 0 Å². The van der Waals surface area contributed by atoms with Crippen molar-refractivity contribution >= 4 is 5.84 Å². The second-order valence-electron chi connectivity index (χ2n) is 7.49. The molecule has 1 unspecified atom stereocenters. The van der Waals surface area contributed by atoms with Gasteiger partial charge in [0.2, 0.25) is 0 Å². The number of aliphatic imine (C=N–C) groups is 1. The predicted molar refractivity (Wildman–Crippen MR) is 108 cm³/mol. The number of methoxy groups -OCH3 is 1. The topological polar surface area (TPSA) is 42.9 Å². The van der Waals surface area contributed by atoms with Gasteiger partial charge < -0.3 is 14.8 Å². The number of hydrogen-bond donors (Lipinski definition) is 1. The van der Waals surface area contributed by atoms with E-state index in [2.05, 4.69) is 41.7 Å². The Morgan fingerprint density at radius 2 is 1.89 bits per heavy atom. The maximum absolute atomic E-state index is 6.07. The lowest BCUT2D eigenvalue weighted by atomic mass is 10.1. The Hall–Kier alpha value is -2.33. The van der Waals surface area contributed by atoms with Gasteiger partial charge in [-0.2, -0.15) is 0 Å². The van der Waals surface area contributed by atoms with Gasteiger partial charge in [-0.15, -0.1) is 0 Å². The van der Waals surface area contributed by atoms with Crippen molar-refractivity contribution in [2.24, 2.45) is 10.9 Å². The van der Waals surface area contributed by atoms with Gasteiger partial charge in [-0.05, 0) is 42.0 Å². The maximum Gasteiger partial charge on any atom is 0.129 e. The van der Waals surface area contributed by atoms with Crippen molar-refractivity contribution in [2.75, 3.05) is 20.3 Å². The first-order valence-corrected chi connectivity index (χ1v) is 9.94. The number of benzene rings is 2. The third kappa shape index (κ3) is 4.33. The molecular weight excluding hydrogens is 336 g/mol. The van der Waals surface area contributed by atoms with Crippen molar-refractivity contribution in [1.82, 2.24) is 5.32 Å². The molecule has 0 bridgehead atoms. The first-order valence-electron chi connectivity index (χ1n) is 9.94. The number of hydrogen-bond acceptors (Lipinski definition) is 4. The van der Waals surface area contributed by atoms with Crippen LogP contribution in [0.2, 0.25) is 0 Å². The Morgan fingerprint density at radius 1 is 1.07 bits per heavy atom. The van der Waals surface area contributed by atoms with Gasteiger partial charge in [0.15, 0.2) is 0 Å². The normalized spacial score (nSPS) is 19.7. The molecule has 0 radical (unpaired) electrons. The Labute approximate surface area is 161 Å². The average Bonchev–Trinajstić information content (AvgIpc) is 3.41. The van der Waals surface area contributed by atoms with Crippen LogP contribution < -0.4 is 10.1 Å². The van der Waals surface area contributed by atoms with Crippen molar-refractivity contribution in [2.45, 2.75) is 38.3 Å². The summed E-state index contributed by atoms with van der Waals surface area (Å²) in [4.78, 5) is 4.78. The quantitative estimate of drug-likeness (QED) is 0.787. The summed E-state index contributed by atoms with van der Waals surface area (Å²) in [5, 5.41) is 3.59. The summed E-state index contributed by atoms with van der Waals surface area (Å²) < 4.78 is 11.5. The van der Waals surface area contributed by atoms with Gasteiger partial charge in [-0.1, -0.05) is 49.2 Å². The molecule has 2 aromatic carbocycles. The average molecular weight is 364 g/mol. The van der Waals surface area contributed by atoms with Gasteiger partial charge >= 0.3 is 0 Å². The summed E-state index contributed by atoms with van der Waals surface area (Å²) >= 11 is 0. The molecule has 1 aliphatic carbocycles. The first-order chi connectivity index (χ1) is 13.3. The zero-order valence-electron chi connectivity index (χ0n) is 16.0. The van der Waals surface area contributed by atoms with Crippen LogP contribution in [-0.2, 0) is 11.3 Å². The van der Waals surface area contributed by atoms with E-state index in [9.17, 15) is 0 Å². The zero-order valence-corrected chi connectivity index (χ0v) is 16.0. The molecule has 27 heavy (non-hydrogen) atoms. The summed E-state index contributed by atoms with van der Waals surface area (Å²) in [5.41, 5.74) is 3.51. The van der Waals surface area contributed by atoms with Crippen LogP contribution in [0.15, 0.2) is 53.5 Å². The van der Waals surface area contributed by atoms with Crippen molar-refractivity contribution < 1.29 is 9.47 Å². The van der Waals surface area contributed by atoms with Crippen LogP contribution in [-0.4, -0.2) is 26.1 Å². The highest BCUT2D eigenvalue weighted by Crippen LogP contribution is 2.27. The van der Waals surface area contributed by atoms with E-state index in [-0.39, 0.29) is 6.04 Å². The van der Waals surface area contributed by atoms with E-state index in [0.717, 1.165) is 41.8 Å². The van der Waals surface area contributed by atoms with Crippen molar-refractivity contribution in [3.05, 3.63) is 65.2 Å². The van der Waals surface area contributed by atoms with E-state index in [0.29, 0.717) is 6.61 Å². The van der Waals surface area contributed by atoms with E-state index < -0.39 is 0 Å². The summed E-state index contributed by atoms with van der Waals surface area (Å²) in [5.74, 6) is 2.51. The number of rotatable bonds is 7. The molecule has 0 aromatic heterocycles. The second-order valence-corrected chi connectivity index (χ2v) is 7.49. The number of nitrogens with one attached hydrogen (secondary N) is 1. The molecule has 2 aromatic rings. The van der Waals surface area contributed by atoms with E-state index in [4.69, 9.17) is 14.5 Å². The monoisotopic (exact) mass is 364 g/mol. The molecule has 1 aliphatic heterocycles. The first kappa shape index (κ1) is 18.1.